The zero-order valence-electron chi connectivity index (χ0n) is 20.0. The Morgan fingerprint density at radius 2 is 1.79 bits per heavy atom. The molecule has 182 valence electrons. The van der Waals surface area contributed by atoms with Gasteiger partial charge in [0.15, 0.2) is 16.6 Å². The third-order valence-corrected chi connectivity index (χ3v) is 7.27. The lowest BCUT2D eigenvalue weighted by Gasteiger charge is -2.36. The molecule has 4 heterocycles. The minimum Gasteiger partial charge on any atom is -0.454 e. The topological polar surface area (TPSA) is 74.8 Å². The van der Waals surface area contributed by atoms with E-state index < -0.39 is 0 Å². The van der Waals surface area contributed by atoms with Gasteiger partial charge in [-0.05, 0) is 74.9 Å². The largest absolute Gasteiger partial charge is 0.454 e. The van der Waals surface area contributed by atoms with Crippen molar-refractivity contribution in [1.82, 2.24) is 15.3 Å². The van der Waals surface area contributed by atoms with Gasteiger partial charge < -0.3 is 29.9 Å². The number of nitrogens with zero attached hydrogens (tertiary/aromatic N) is 4. The third-order valence-electron chi connectivity index (χ3n) is 7.02. The molecule has 3 aliphatic rings. The molecule has 8 nitrogen and oxygen atoms in total. The number of rotatable bonds is 5. The maximum Gasteiger partial charge on any atom is 0.232 e. The van der Waals surface area contributed by atoms with Crippen LogP contribution < -0.4 is 29.9 Å². The summed E-state index contributed by atoms with van der Waals surface area (Å²) in [5, 5.41) is 7.00. The Bertz CT molecular complexity index is 1030. The van der Waals surface area contributed by atoms with E-state index in [9.17, 15) is 0 Å². The Kier molecular flexibility index (Phi) is 6.89. The maximum absolute atomic E-state index is 5.59. The highest BCUT2D eigenvalue weighted by atomic mass is 32.1. The molecule has 0 aliphatic carbocycles. The van der Waals surface area contributed by atoms with Crippen molar-refractivity contribution in [2.24, 2.45) is 5.92 Å². The number of thiocarbonyl (C=S) groups is 1. The average molecular weight is 483 g/mol. The lowest BCUT2D eigenvalue weighted by Crippen LogP contribution is -2.39. The minimum absolute atomic E-state index is 0.272. The van der Waals surface area contributed by atoms with Gasteiger partial charge in [0.1, 0.15) is 11.6 Å². The minimum atomic E-state index is 0.272. The molecule has 0 saturated carbocycles. The zero-order chi connectivity index (χ0) is 23.5. The monoisotopic (exact) mass is 482 g/mol. The molecule has 0 spiro atoms. The summed E-state index contributed by atoms with van der Waals surface area (Å²) in [6, 6.07) is 8.54. The summed E-state index contributed by atoms with van der Waals surface area (Å²) >= 11 is 5.59. The van der Waals surface area contributed by atoms with E-state index in [1.807, 2.05) is 18.2 Å². The van der Waals surface area contributed by atoms with E-state index in [0.717, 1.165) is 54.3 Å². The fourth-order valence-electron chi connectivity index (χ4n) is 4.84. The number of fused-ring (bicyclic) bond motifs is 1. The summed E-state index contributed by atoms with van der Waals surface area (Å²) in [4.78, 5) is 14.5. The van der Waals surface area contributed by atoms with Gasteiger partial charge in [-0.1, -0.05) is 13.0 Å². The van der Waals surface area contributed by atoms with Crippen LogP contribution in [0.15, 0.2) is 24.3 Å². The number of piperidine rings is 2. The fraction of sp³-hybridized carbons (Fsp3) is 0.560. The SMILES string of the molecule is CC1CCN(c2cc(N3CCCC[C@H]3C)nc(NC(=S)NCc3ccc4c(c3)OCO4)n2)CC1. The van der Waals surface area contributed by atoms with Crippen LogP contribution in [0.1, 0.15) is 51.5 Å². The van der Waals surface area contributed by atoms with Crippen molar-refractivity contribution in [3.8, 4) is 11.5 Å². The zero-order valence-corrected chi connectivity index (χ0v) is 20.9. The number of benzene rings is 1. The highest BCUT2D eigenvalue weighted by Gasteiger charge is 2.24. The number of hydrogen-bond acceptors (Lipinski definition) is 7. The predicted octanol–water partition coefficient (Wildman–Crippen LogP) is 4.31. The molecule has 2 fully saturated rings. The first-order valence-corrected chi connectivity index (χ1v) is 12.8. The molecule has 2 saturated heterocycles. The van der Waals surface area contributed by atoms with Gasteiger partial charge in [0.2, 0.25) is 12.7 Å². The van der Waals surface area contributed by atoms with E-state index in [1.54, 1.807) is 0 Å². The van der Waals surface area contributed by atoms with Crippen LogP contribution in [0.25, 0.3) is 0 Å². The first kappa shape index (κ1) is 23.0. The molecule has 1 aromatic carbocycles. The third kappa shape index (κ3) is 5.29. The quantitative estimate of drug-likeness (QED) is 0.607. The first-order chi connectivity index (χ1) is 16.5. The summed E-state index contributed by atoms with van der Waals surface area (Å²) in [6.07, 6.45) is 6.05. The standard InChI is InChI=1S/C25H34N6O2S/c1-17-8-11-30(12-9-17)22-14-23(31-10-4-3-5-18(31)2)28-24(27-22)29-25(34)26-15-19-6-7-20-21(13-19)33-16-32-20/h6-7,13-14,17-18H,3-5,8-12,15-16H2,1-2H3,(H2,26,27,28,29,34)/t18-/m1/s1. The summed E-state index contributed by atoms with van der Waals surface area (Å²) in [5.74, 6) is 4.83. The van der Waals surface area contributed by atoms with Crippen LogP contribution >= 0.6 is 12.2 Å². The molecule has 0 radical (unpaired) electrons. The molecule has 2 aromatic rings. The Morgan fingerprint density at radius 3 is 2.62 bits per heavy atom. The van der Waals surface area contributed by atoms with Gasteiger partial charge in [-0.3, -0.25) is 0 Å². The second-order valence-corrected chi connectivity index (χ2v) is 10.0. The molecule has 34 heavy (non-hydrogen) atoms. The van der Waals surface area contributed by atoms with Crippen LogP contribution in [-0.4, -0.2) is 47.5 Å². The molecular formula is C25H34N6O2S. The molecule has 9 heteroatoms. The van der Waals surface area contributed by atoms with Crippen LogP contribution in [0.3, 0.4) is 0 Å². The van der Waals surface area contributed by atoms with Gasteiger partial charge in [-0.25, -0.2) is 0 Å². The fourth-order valence-corrected chi connectivity index (χ4v) is 5.01. The molecule has 0 amide bonds. The number of hydrogen-bond donors (Lipinski definition) is 2. The van der Waals surface area contributed by atoms with Gasteiger partial charge in [0, 0.05) is 38.3 Å². The first-order valence-electron chi connectivity index (χ1n) is 12.4. The number of aromatic nitrogens is 2. The molecule has 5 rings (SSSR count). The van der Waals surface area contributed by atoms with Crippen molar-refractivity contribution in [2.75, 3.05) is 41.5 Å². The molecule has 1 atom stereocenters. The summed E-state index contributed by atoms with van der Waals surface area (Å²) in [7, 11) is 0. The van der Waals surface area contributed by atoms with Gasteiger partial charge in [-0.15, -0.1) is 0 Å². The van der Waals surface area contributed by atoms with Crippen molar-refractivity contribution in [1.29, 1.82) is 0 Å². The molecule has 0 unspecified atom stereocenters. The van der Waals surface area contributed by atoms with Crippen molar-refractivity contribution in [3.63, 3.8) is 0 Å². The normalized spacial score (nSPS) is 20.4. The second-order valence-electron chi connectivity index (χ2n) is 9.61. The Morgan fingerprint density at radius 1 is 1.00 bits per heavy atom. The highest BCUT2D eigenvalue weighted by molar-refractivity contribution is 7.80. The van der Waals surface area contributed by atoms with E-state index in [2.05, 4.69) is 40.3 Å². The second kappa shape index (κ2) is 10.2. The Balaban J connectivity index is 1.30. The van der Waals surface area contributed by atoms with Gasteiger partial charge in [0.25, 0.3) is 0 Å². The molecule has 2 N–H and O–H groups in total. The smallest absolute Gasteiger partial charge is 0.232 e. The van der Waals surface area contributed by atoms with Crippen LogP contribution in [0.5, 0.6) is 11.5 Å². The van der Waals surface area contributed by atoms with Gasteiger partial charge in [-0.2, -0.15) is 9.97 Å². The van der Waals surface area contributed by atoms with Crippen LogP contribution in [0, 0.1) is 5.92 Å². The maximum atomic E-state index is 5.59. The van der Waals surface area contributed by atoms with Crippen molar-refractivity contribution in [2.45, 2.75) is 58.5 Å². The lowest BCUT2D eigenvalue weighted by atomic mass is 9.99. The van der Waals surface area contributed by atoms with Crippen LogP contribution in [-0.2, 0) is 6.54 Å². The van der Waals surface area contributed by atoms with E-state index >= 15 is 0 Å². The molecule has 1 aromatic heterocycles. The highest BCUT2D eigenvalue weighted by Crippen LogP contribution is 2.32. The van der Waals surface area contributed by atoms with E-state index in [1.165, 1.54) is 32.1 Å². The van der Waals surface area contributed by atoms with Crippen LogP contribution in [0.2, 0.25) is 0 Å². The molecule has 0 bridgehead atoms. The van der Waals surface area contributed by atoms with Gasteiger partial charge >= 0.3 is 0 Å². The van der Waals surface area contributed by atoms with Crippen molar-refractivity contribution < 1.29 is 9.47 Å². The van der Waals surface area contributed by atoms with E-state index in [-0.39, 0.29) is 6.79 Å². The molecular weight excluding hydrogens is 448 g/mol. The van der Waals surface area contributed by atoms with E-state index in [0.29, 0.717) is 23.6 Å². The summed E-state index contributed by atoms with van der Waals surface area (Å²) in [6.45, 7) is 8.54. The van der Waals surface area contributed by atoms with Gasteiger partial charge in [0.05, 0.1) is 0 Å². The predicted molar refractivity (Wildman–Crippen MR) is 139 cm³/mol. The summed E-state index contributed by atoms with van der Waals surface area (Å²) < 4.78 is 10.9. The molecule has 3 aliphatic heterocycles. The number of ether oxygens (including phenoxy) is 2. The lowest BCUT2D eigenvalue weighted by molar-refractivity contribution is 0.174. The Hall–Kier alpha value is -2.81. The summed E-state index contributed by atoms with van der Waals surface area (Å²) in [5.41, 5.74) is 1.06. The van der Waals surface area contributed by atoms with E-state index in [4.69, 9.17) is 31.7 Å². The van der Waals surface area contributed by atoms with Crippen molar-refractivity contribution in [3.05, 3.63) is 29.8 Å². The number of nitrogens with one attached hydrogen (secondary N) is 2. The Labute approximate surface area is 207 Å². The average Bonchev–Trinajstić information content (AvgIpc) is 3.31. The van der Waals surface area contributed by atoms with Crippen LogP contribution in [0.4, 0.5) is 17.6 Å². The van der Waals surface area contributed by atoms with Crippen molar-refractivity contribution >= 4 is 34.9 Å². The number of anilines is 3.